The molecule has 3 heterocycles. The summed E-state index contributed by atoms with van der Waals surface area (Å²) >= 11 is 0. The average Bonchev–Trinajstić information content (AvgIpc) is 3.35. The molecule has 4 aromatic rings. The van der Waals surface area contributed by atoms with Crippen LogP contribution in [0.3, 0.4) is 0 Å². The first-order chi connectivity index (χ1) is 13.8. The molecule has 6 nitrogen and oxygen atoms in total. The fourth-order valence-corrected chi connectivity index (χ4v) is 4.05. The van der Waals surface area contributed by atoms with Crippen LogP contribution in [-0.4, -0.2) is 43.6 Å². The topological polar surface area (TPSA) is 50.9 Å². The summed E-state index contributed by atoms with van der Waals surface area (Å²) in [7, 11) is 2.07. The monoisotopic (exact) mass is 372 g/mol. The van der Waals surface area contributed by atoms with Crippen LogP contribution in [0.4, 0.5) is 0 Å². The van der Waals surface area contributed by atoms with Crippen molar-refractivity contribution in [3.8, 4) is 5.69 Å². The lowest BCUT2D eigenvalue weighted by atomic mass is 10.1. The molecule has 2 aromatic heterocycles. The molecule has 1 saturated heterocycles. The van der Waals surface area contributed by atoms with Crippen molar-refractivity contribution in [1.82, 2.24) is 29.3 Å². The summed E-state index contributed by atoms with van der Waals surface area (Å²) in [6.07, 6.45) is 5.80. The van der Waals surface area contributed by atoms with Crippen molar-refractivity contribution in [2.45, 2.75) is 12.6 Å². The Morgan fingerprint density at radius 1 is 1.07 bits per heavy atom. The van der Waals surface area contributed by atoms with Crippen LogP contribution in [-0.2, 0) is 13.6 Å². The van der Waals surface area contributed by atoms with Crippen molar-refractivity contribution in [3.05, 3.63) is 78.6 Å². The van der Waals surface area contributed by atoms with Crippen LogP contribution in [0.15, 0.2) is 67.3 Å². The van der Waals surface area contributed by atoms with E-state index in [9.17, 15) is 0 Å². The van der Waals surface area contributed by atoms with Crippen molar-refractivity contribution >= 4 is 11.0 Å². The lowest BCUT2D eigenvalue weighted by molar-refractivity contribution is 0.145. The highest BCUT2D eigenvalue weighted by molar-refractivity contribution is 5.77. The Morgan fingerprint density at radius 2 is 1.93 bits per heavy atom. The molecule has 0 spiro atoms. The van der Waals surface area contributed by atoms with Gasteiger partial charge in [-0.25, -0.2) is 9.97 Å². The van der Waals surface area contributed by atoms with Gasteiger partial charge in [0.25, 0.3) is 0 Å². The zero-order chi connectivity index (χ0) is 18.9. The number of hydrogen-bond acceptors (Lipinski definition) is 4. The molecule has 1 atom stereocenters. The summed E-state index contributed by atoms with van der Waals surface area (Å²) < 4.78 is 4.26. The Bertz CT molecular complexity index is 1080. The molecular weight excluding hydrogens is 348 g/mol. The van der Waals surface area contributed by atoms with Crippen LogP contribution in [0.25, 0.3) is 16.7 Å². The molecule has 2 aromatic carbocycles. The first-order valence-electron chi connectivity index (χ1n) is 9.73. The molecule has 0 bridgehead atoms. The van der Waals surface area contributed by atoms with Gasteiger partial charge in [0, 0.05) is 51.3 Å². The van der Waals surface area contributed by atoms with Gasteiger partial charge in [0.05, 0.1) is 17.1 Å². The maximum atomic E-state index is 4.58. The fraction of sp³-hybridized carbons (Fsp3) is 0.273. The summed E-state index contributed by atoms with van der Waals surface area (Å²) in [5.41, 5.74) is 4.60. The standard InChI is InChI=1S/C22H24N6/c1-26-12-11-24-22(26)21-14-23-10-13-27(21)15-17-6-8-18(9-7-17)28-16-25-19-4-2-3-5-20(19)28/h2-9,11-12,16,21,23H,10,13-15H2,1H3. The predicted octanol–water partition coefficient (Wildman–Crippen LogP) is 2.91. The highest BCUT2D eigenvalue weighted by Crippen LogP contribution is 2.24. The highest BCUT2D eigenvalue weighted by Gasteiger charge is 2.26. The third-order valence-corrected chi connectivity index (χ3v) is 5.56. The van der Waals surface area contributed by atoms with E-state index in [0.29, 0.717) is 6.04 Å². The third-order valence-electron chi connectivity index (χ3n) is 5.56. The molecule has 0 amide bonds. The molecule has 1 N–H and O–H groups in total. The van der Waals surface area contributed by atoms with Crippen LogP contribution in [0.5, 0.6) is 0 Å². The lowest BCUT2D eigenvalue weighted by Crippen LogP contribution is -2.46. The summed E-state index contributed by atoms with van der Waals surface area (Å²) in [4.78, 5) is 11.6. The maximum absolute atomic E-state index is 4.58. The number of aryl methyl sites for hydroxylation is 1. The van der Waals surface area contributed by atoms with Gasteiger partial charge in [-0.05, 0) is 29.8 Å². The van der Waals surface area contributed by atoms with Crippen LogP contribution >= 0.6 is 0 Å². The van der Waals surface area contributed by atoms with Crippen LogP contribution in [0.2, 0.25) is 0 Å². The molecule has 28 heavy (non-hydrogen) atoms. The van der Waals surface area contributed by atoms with Crippen molar-refractivity contribution in [2.75, 3.05) is 19.6 Å². The molecule has 1 fully saturated rings. The number of imidazole rings is 2. The maximum Gasteiger partial charge on any atom is 0.127 e. The first-order valence-corrected chi connectivity index (χ1v) is 9.73. The molecule has 142 valence electrons. The quantitative estimate of drug-likeness (QED) is 0.598. The number of aromatic nitrogens is 4. The second-order valence-electron chi connectivity index (χ2n) is 7.36. The molecule has 5 rings (SSSR count). The van der Waals surface area contributed by atoms with Crippen molar-refractivity contribution < 1.29 is 0 Å². The highest BCUT2D eigenvalue weighted by atomic mass is 15.3. The van der Waals surface area contributed by atoms with Gasteiger partial charge in [0.15, 0.2) is 0 Å². The number of nitrogens with one attached hydrogen (secondary N) is 1. The van der Waals surface area contributed by atoms with E-state index >= 15 is 0 Å². The fourth-order valence-electron chi connectivity index (χ4n) is 4.05. The Hall–Kier alpha value is -2.96. The largest absolute Gasteiger partial charge is 0.337 e. The van der Waals surface area contributed by atoms with Crippen molar-refractivity contribution in [3.63, 3.8) is 0 Å². The van der Waals surface area contributed by atoms with Crippen LogP contribution in [0, 0.1) is 0 Å². The minimum atomic E-state index is 0.297. The van der Waals surface area contributed by atoms with Gasteiger partial charge in [-0.15, -0.1) is 0 Å². The Labute approximate surface area is 164 Å². The Morgan fingerprint density at radius 3 is 2.75 bits per heavy atom. The molecule has 1 aliphatic heterocycles. The molecular formula is C22H24N6. The smallest absolute Gasteiger partial charge is 0.127 e. The van der Waals surface area contributed by atoms with Crippen molar-refractivity contribution in [2.24, 2.45) is 7.05 Å². The van der Waals surface area contributed by atoms with E-state index in [1.807, 2.05) is 30.9 Å². The van der Waals surface area contributed by atoms with Gasteiger partial charge in [-0.1, -0.05) is 24.3 Å². The SMILES string of the molecule is Cn1ccnc1C1CNCCN1Cc1ccc(-n2cnc3ccccc32)cc1. The minimum Gasteiger partial charge on any atom is -0.337 e. The number of hydrogen-bond donors (Lipinski definition) is 1. The van der Waals surface area contributed by atoms with E-state index < -0.39 is 0 Å². The summed E-state index contributed by atoms with van der Waals surface area (Å²) in [5.74, 6) is 1.12. The first kappa shape index (κ1) is 17.2. The lowest BCUT2D eigenvalue weighted by Gasteiger charge is -2.35. The Kier molecular flexibility index (Phi) is 4.43. The molecule has 6 heteroatoms. The second-order valence-corrected chi connectivity index (χ2v) is 7.36. The Balaban J connectivity index is 1.38. The molecule has 0 radical (unpaired) electrons. The minimum absolute atomic E-state index is 0.297. The molecule has 0 saturated carbocycles. The van der Waals surface area contributed by atoms with Crippen LogP contribution in [0.1, 0.15) is 17.4 Å². The van der Waals surface area contributed by atoms with Crippen LogP contribution < -0.4 is 5.32 Å². The van der Waals surface area contributed by atoms with E-state index in [1.54, 1.807) is 0 Å². The molecule has 1 unspecified atom stereocenters. The number of fused-ring (bicyclic) bond motifs is 1. The third kappa shape index (κ3) is 3.10. The second kappa shape index (κ2) is 7.22. The summed E-state index contributed by atoms with van der Waals surface area (Å²) in [5, 5.41) is 3.51. The van der Waals surface area contributed by atoms with Gasteiger partial charge in [0.1, 0.15) is 12.2 Å². The van der Waals surface area contributed by atoms with Gasteiger partial charge in [-0.2, -0.15) is 0 Å². The van der Waals surface area contributed by atoms with E-state index in [2.05, 4.69) is 72.8 Å². The zero-order valence-electron chi connectivity index (χ0n) is 16.0. The van der Waals surface area contributed by atoms with Gasteiger partial charge >= 0.3 is 0 Å². The number of rotatable bonds is 4. The summed E-state index contributed by atoms with van der Waals surface area (Å²) in [6.45, 7) is 3.89. The van der Waals surface area contributed by atoms with Gasteiger partial charge in [-0.3, -0.25) is 9.47 Å². The van der Waals surface area contributed by atoms with Crippen molar-refractivity contribution in [1.29, 1.82) is 0 Å². The van der Waals surface area contributed by atoms with E-state index in [1.165, 1.54) is 5.56 Å². The van der Waals surface area contributed by atoms with Gasteiger partial charge in [0.2, 0.25) is 0 Å². The average molecular weight is 372 g/mol. The van der Waals surface area contributed by atoms with Gasteiger partial charge < -0.3 is 9.88 Å². The molecule has 1 aliphatic rings. The normalized spacial score (nSPS) is 18.0. The molecule has 0 aliphatic carbocycles. The van der Waals surface area contributed by atoms with E-state index in [0.717, 1.165) is 48.7 Å². The number of para-hydroxylation sites is 2. The predicted molar refractivity (Wildman–Crippen MR) is 110 cm³/mol. The van der Waals surface area contributed by atoms with E-state index in [-0.39, 0.29) is 0 Å². The number of benzene rings is 2. The zero-order valence-corrected chi connectivity index (χ0v) is 16.0. The number of piperazine rings is 1. The van der Waals surface area contributed by atoms with E-state index in [4.69, 9.17) is 0 Å². The summed E-state index contributed by atoms with van der Waals surface area (Å²) in [6, 6.07) is 17.3. The number of nitrogens with zero attached hydrogens (tertiary/aromatic N) is 5.